The lowest BCUT2D eigenvalue weighted by Crippen LogP contribution is -2.31. The van der Waals surface area contributed by atoms with Crippen LogP contribution in [0.4, 0.5) is 0 Å². The summed E-state index contributed by atoms with van der Waals surface area (Å²) in [5.41, 5.74) is 0.558. The highest BCUT2D eigenvalue weighted by atomic mass is 35.5. The van der Waals surface area contributed by atoms with Gasteiger partial charge in [0.15, 0.2) is 0 Å². The van der Waals surface area contributed by atoms with Crippen molar-refractivity contribution in [3.8, 4) is 0 Å². The molecular weight excluding hydrogens is 282 g/mol. The summed E-state index contributed by atoms with van der Waals surface area (Å²) in [5.74, 6) is 0.393. The summed E-state index contributed by atoms with van der Waals surface area (Å²) < 4.78 is 3.88. The Morgan fingerprint density at radius 2 is 2.05 bits per heavy atom. The molecule has 19 heavy (non-hydrogen) atoms. The molecule has 4 nitrogen and oxygen atoms in total. The Balaban J connectivity index is 2.62. The molecular formula is C13H22ClN3OS. The molecule has 0 saturated heterocycles. The number of alkyl halides is 1. The fourth-order valence-electron chi connectivity index (χ4n) is 1.71. The Kier molecular flexibility index (Phi) is 5.74. The normalized spacial score (nSPS) is 13.6. The molecule has 1 heterocycles. The number of aromatic nitrogens is 2. The lowest BCUT2D eigenvalue weighted by molar-refractivity contribution is 0.0954. The molecule has 1 aromatic heterocycles. The van der Waals surface area contributed by atoms with E-state index in [1.54, 1.807) is 0 Å². The first-order valence-electron chi connectivity index (χ1n) is 6.47. The average Bonchev–Trinajstić information content (AvgIpc) is 2.73. The van der Waals surface area contributed by atoms with E-state index in [0.29, 0.717) is 17.3 Å². The van der Waals surface area contributed by atoms with E-state index in [1.807, 2.05) is 20.8 Å². The maximum absolute atomic E-state index is 12.1. The molecule has 1 atom stereocenters. The lowest BCUT2D eigenvalue weighted by Gasteiger charge is -2.17. The number of halogens is 1. The topological polar surface area (TPSA) is 54.9 Å². The second-order valence-electron chi connectivity index (χ2n) is 6.14. The van der Waals surface area contributed by atoms with Gasteiger partial charge < -0.3 is 5.32 Å². The first-order chi connectivity index (χ1) is 8.71. The minimum absolute atomic E-state index is 0.0390. The van der Waals surface area contributed by atoms with Gasteiger partial charge in [-0.05, 0) is 23.9 Å². The third-order valence-corrected chi connectivity index (χ3v) is 3.67. The van der Waals surface area contributed by atoms with Gasteiger partial charge in [0.1, 0.15) is 4.88 Å². The third kappa shape index (κ3) is 5.07. The first-order valence-corrected chi connectivity index (χ1v) is 7.68. The molecule has 0 spiro atoms. The van der Waals surface area contributed by atoms with E-state index in [9.17, 15) is 4.79 Å². The van der Waals surface area contributed by atoms with Gasteiger partial charge in [-0.25, -0.2) is 0 Å². The summed E-state index contributed by atoms with van der Waals surface area (Å²) in [7, 11) is 0. The smallest absolute Gasteiger partial charge is 0.265 e. The Morgan fingerprint density at radius 3 is 2.58 bits per heavy atom. The fraction of sp³-hybridized carbons (Fsp3) is 0.769. The number of hydrogen-bond donors (Lipinski definition) is 1. The zero-order valence-electron chi connectivity index (χ0n) is 12.2. The second kappa shape index (κ2) is 6.66. The number of carbonyl (C=O) groups excluding carboxylic acids is 1. The van der Waals surface area contributed by atoms with Crippen LogP contribution in [0.5, 0.6) is 0 Å². The van der Waals surface area contributed by atoms with Crippen molar-refractivity contribution < 1.29 is 4.79 Å². The largest absolute Gasteiger partial charge is 0.350 e. The Labute approximate surface area is 124 Å². The van der Waals surface area contributed by atoms with Gasteiger partial charge in [0, 0.05) is 12.0 Å². The molecule has 0 aliphatic carbocycles. The molecule has 1 amide bonds. The molecule has 1 N–H and O–H groups in total. The fourth-order valence-corrected chi connectivity index (χ4v) is 2.94. The summed E-state index contributed by atoms with van der Waals surface area (Å²) in [6.07, 6.45) is 0.884. The molecule has 0 aromatic carbocycles. The van der Waals surface area contributed by atoms with Crippen LogP contribution in [0.1, 0.15) is 56.4 Å². The van der Waals surface area contributed by atoms with Crippen molar-refractivity contribution in [1.82, 2.24) is 14.9 Å². The van der Waals surface area contributed by atoms with Crippen molar-refractivity contribution in [3.63, 3.8) is 0 Å². The van der Waals surface area contributed by atoms with Crippen LogP contribution >= 0.6 is 23.1 Å². The highest BCUT2D eigenvalue weighted by Gasteiger charge is 2.26. The quantitative estimate of drug-likeness (QED) is 0.850. The van der Waals surface area contributed by atoms with Crippen molar-refractivity contribution in [2.45, 2.75) is 51.8 Å². The van der Waals surface area contributed by atoms with Crippen LogP contribution in [0.2, 0.25) is 0 Å². The van der Waals surface area contributed by atoms with Crippen molar-refractivity contribution >= 4 is 29.0 Å². The van der Waals surface area contributed by atoms with Crippen molar-refractivity contribution in [2.75, 3.05) is 6.54 Å². The van der Waals surface area contributed by atoms with Crippen molar-refractivity contribution in [3.05, 3.63) is 10.6 Å². The van der Waals surface area contributed by atoms with E-state index in [0.717, 1.165) is 23.6 Å². The van der Waals surface area contributed by atoms with Crippen LogP contribution in [0.3, 0.4) is 0 Å². The van der Waals surface area contributed by atoms with Gasteiger partial charge in [-0.15, -0.1) is 16.7 Å². The SMILES string of the molecule is CC(C)CC(Cl)CNC(=O)c1snnc1C(C)(C)C. The monoisotopic (exact) mass is 303 g/mol. The molecule has 0 saturated carbocycles. The molecule has 0 aliphatic rings. The Morgan fingerprint density at radius 1 is 1.42 bits per heavy atom. The summed E-state index contributed by atoms with van der Waals surface area (Å²) in [5, 5.41) is 6.88. The standard InChI is InChI=1S/C13H22ClN3OS/c1-8(2)6-9(14)7-15-12(18)10-11(13(3,4)5)16-17-19-10/h8-9H,6-7H2,1-5H3,(H,15,18). The minimum atomic E-state index is -0.183. The molecule has 0 fully saturated rings. The Hall–Kier alpha value is -0.680. The van der Waals surface area contributed by atoms with E-state index in [4.69, 9.17) is 11.6 Å². The van der Waals surface area contributed by atoms with Gasteiger partial charge in [-0.2, -0.15) is 0 Å². The zero-order chi connectivity index (χ0) is 14.6. The average molecular weight is 304 g/mol. The number of carbonyl (C=O) groups is 1. The number of amides is 1. The maximum atomic E-state index is 12.1. The second-order valence-corrected chi connectivity index (χ2v) is 7.51. The predicted molar refractivity (Wildman–Crippen MR) is 80.0 cm³/mol. The third-order valence-electron chi connectivity index (χ3n) is 2.62. The summed E-state index contributed by atoms with van der Waals surface area (Å²) in [6, 6.07) is 0. The highest BCUT2D eigenvalue weighted by molar-refractivity contribution is 7.08. The van der Waals surface area contributed by atoms with Crippen LogP contribution in [0.25, 0.3) is 0 Å². The lowest BCUT2D eigenvalue weighted by atomic mass is 9.91. The zero-order valence-corrected chi connectivity index (χ0v) is 13.7. The molecule has 0 aliphatic heterocycles. The number of nitrogens with one attached hydrogen (secondary N) is 1. The summed E-state index contributed by atoms with van der Waals surface area (Å²) in [4.78, 5) is 12.7. The van der Waals surface area contributed by atoms with Gasteiger partial charge in [0.2, 0.25) is 0 Å². The summed E-state index contributed by atoms with van der Waals surface area (Å²) in [6.45, 7) is 10.8. The summed E-state index contributed by atoms with van der Waals surface area (Å²) >= 11 is 7.30. The van der Waals surface area contributed by atoms with Crippen molar-refractivity contribution in [2.24, 2.45) is 5.92 Å². The van der Waals surface area contributed by atoms with Gasteiger partial charge >= 0.3 is 0 Å². The van der Waals surface area contributed by atoms with E-state index in [-0.39, 0.29) is 16.7 Å². The van der Waals surface area contributed by atoms with E-state index in [1.165, 1.54) is 0 Å². The number of rotatable bonds is 5. The minimum Gasteiger partial charge on any atom is -0.350 e. The number of hydrogen-bond acceptors (Lipinski definition) is 4. The first kappa shape index (κ1) is 16.4. The van der Waals surface area contributed by atoms with E-state index in [2.05, 4.69) is 28.8 Å². The van der Waals surface area contributed by atoms with Crippen LogP contribution < -0.4 is 5.32 Å². The van der Waals surface area contributed by atoms with E-state index >= 15 is 0 Å². The molecule has 6 heteroatoms. The van der Waals surface area contributed by atoms with Gasteiger partial charge in [0.25, 0.3) is 5.91 Å². The van der Waals surface area contributed by atoms with Crippen LogP contribution in [-0.4, -0.2) is 27.4 Å². The van der Waals surface area contributed by atoms with Crippen LogP contribution in [0, 0.1) is 5.92 Å². The molecule has 108 valence electrons. The maximum Gasteiger partial charge on any atom is 0.265 e. The highest BCUT2D eigenvalue weighted by Crippen LogP contribution is 2.25. The Bertz CT molecular complexity index is 426. The van der Waals surface area contributed by atoms with Crippen LogP contribution in [0.15, 0.2) is 0 Å². The molecule has 1 aromatic rings. The molecule has 1 rings (SSSR count). The molecule has 0 bridgehead atoms. The van der Waals surface area contributed by atoms with Gasteiger partial charge in [-0.1, -0.05) is 39.1 Å². The molecule has 1 unspecified atom stereocenters. The van der Waals surface area contributed by atoms with E-state index < -0.39 is 0 Å². The van der Waals surface area contributed by atoms with Gasteiger partial charge in [0.05, 0.1) is 11.1 Å². The number of nitrogens with zero attached hydrogens (tertiary/aromatic N) is 2. The van der Waals surface area contributed by atoms with Gasteiger partial charge in [-0.3, -0.25) is 4.79 Å². The molecule has 0 radical (unpaired) electrons. The van der Waals surface area contributed by atoms with Crippen molar-refractivity contribution in [1.29, 1.82) is 0 Å². The predicted octanol–water partition coefficient (Wildman–Crippen LogP) is 3.22. The van der Waals surface area contributed by atoms with Crippen LogP contribution in [-0.2, 0) is 5.41 Å².